The van der Waals surface area contributed by atoms with Gasteiger partial charge in [0.1, 0.15) is 17.3 Å². The summed E-state index contributed by atoms with van der Waals surface area (Å²) in [4.78, 5) is 11.7. The molecule has 0 saturated carbocycles. The van der Waals surface area contributed by atoms with Gasteiger partial charge in [0.05, 0.1) is 16.1 Å². The van der Waals surface area contributed by atoms with E-state index in [0.717, 1.165) is 18.2 Å². The highest BCUT2D eigenvalue weighted by atomic mass is 35.5. The average molecular weight is 392 g/mol. The highest BCUT2D eigenvalue weighted by molar-refractivity contribution is 6.33. The Kier molecular flexibility index (Phi) is 6.48. The first-order chi connectivity index (χ1) is 12.8. The number of carbonyl (C=O) groups is 1. The third-order valence-electron chi connectivity index (χ3n) is 3.78. The van der Waals surface area contributed by atoms with Crippen molar-refractivity contribution >= 4 is 23.3 Å². The molecule has 0 heterocycles. The first-order valence-corrected chi connectivity index (χ1v) is 8.39. The third kappa shape index (κ3) is 4.41. The van der Waals surface area contributed by atoms with Gasteiger partial charge in [-0.1, -0.05) is 22.7 Å². The number of hydrogen-bond acceptors (Lipinski definition) is 3. The Hall–Kier alpha value is -2.98. The van der Waals surface area contributed by atoms with E-state index in [-0.39, 0.29) is 33.0 Å². The van der Waals surface area contributed by atoms with Crippen LogP contribution in [0.5, 0.6) is 0 Å². The molecule has 0 bridgehead atoms. The monoisotopic (exact) mass is 391 g/mol. The molecule has 27 heavy (non-hydrogen) atoms. The van der Waals surface area contributed by atoms with Crippen LogP contribution in [0.4, 0.5) is 14.5 Å². The van der Waals surface area contributed by atoms with Gasteiger partial charge in [-0.3, -0.25) is 5.01 Å². The van der Waals surface area contributed by atoms with Crippen molar-refractivity contribution in [2.75, 3.05) is 13.1 Å². The van der Waals surface area contributed by atoms with E-state index < -0.39 is 17.6 Å². The van der Waals surface area contributed by atoms with Gasteiger partial charge in [-0.05, 0) is 37.6 Å². The lowest BCUT2D eigenvalue weighted by atomic mass is 9.94. The van der Waals surface area contributed by atoms with Gasteiger partial charge in [0.2, 0.25) is 0 Å². The maximum absolute atomic E-state index is 13.7. The van der Waals surface area contributed by atoms with Crippen LogP contribution >= 0.6 is 11.6 Å². The molecule has 2 rings (SSSR count). The minimum Gasteiger partial charge on any atom is -0.478 e. The summed E-state index contributed by atoms with van der Waals surface area (Å²) in [5, 5.41) is 19.2. The second-order valence-electron chi connectivity index (χ2n) is 5.44. The number of carboxylic acid groups (broad SMARTS) is 1. The number of hydrogen-bond donors (Lipinski definition) is 1. The highest BCUT2D eigenvalue weighted by Crippen LogP contribution is 2.41. The number of rotatable bonds is 6. The standard InChI is InChI=1S/C19H16ClF2N3O2/c1-4-14-16(20)10-15(19(26)27)17(11-7-12(21)9-13(22)8-11)18(14)23-24-25(5-2)6-3/h1,7-10H,5-6H2,2-3H3,(H,26,27). The fraction of sp³-hybridized carbons (Fsp3) is 0.211. The number of halogens is 3. The maximum Gasteiger partial charge on any atom is 0.336 e. The van der Waals surface area contributed by atoms with E-state index in [1.54, 1.807) is 5.01 Å². The molecular weight excluding hydrogens is 376 g/mol. The van der Waals surface area contributed by atoms with E-state index in [1.807, 2.05) is 13.8 Å². The van der Waals surface area contributed by atoms with Crippen LogP contribution in [-0.4, -0.2) is 29.2 Å². The summed E-state index contributed by atoms with van der Waals surface area (Å²) >= 11 is 6.11. The Labute approximate surface area is 160 Å². The molecule has 2 aromatic rings. The molecule has 0 unspecified atom stereocenters. The molecule has 0 atom stereocenters. The molecule has 140 valence electrons. The molecule has 0 aliphatic heterocycles. The molecule has 0 aliphatic carbocycles. The van der Waals surface area contributed by atoms with Gasteiger partial charge < -0.3 is 5.11 Å². The Balaban J connectivity index is 2.89. The minimum atomic E-state index is -1.35. The zero-order valence-corrected chi connectivity index (χ0v) is 15.4. The lowest BCUT2D eigenvalue weighted by Crippen LogP contribution is -2.14. The van der Waals surface area contributed by atoms with Crippen LogP contribution in [0.2, 0.25) is 5.02 Å². The van der Waals surface area contributed by atoms with Crippen molar-refractivity contribution < 1.29 is 18.7 Å². The summed E-state index contributed by atoms with van der Waals surface area (Å²) in [5.41, 5.74) is -0.352. The fourth-order valence-electron chi connectivity index (χ4n) is 2.49. The van der Waals surface area contributed by atoms with E-state index in [9.17, 15) is 18.7 Å². The van der Waals surface area contributed by atoms with Crippen LogP contribution in [0.15, 0.2) is 34.6 Å². The number of carboxylic acids is 1. The maximum atomic E-state index is 13.7. The van der Waals surface area contributed by atoms with Gasteiger partial charge >= 0.3 is 5.97 Å². The largest absolute Gasteiger partial charge is 0.478 e. The van der Waals surface area contributed by atoms with Gasteiger partial charge in [-0.2, -0.15) is 0 Å². The van der Waals surface area contributed by atoms with Crippen molar-refractivity contribution in [2.45, 2.75) is 13.8 Å². The Bertz CT molecular complexity index is 931. The van der Waals surface area contributed by atoms with Gasteiger partial charge in [0.15, 0.2) is 0 Å². The van der Waals surface area contributed by atoms with Gasteiger partial charge in [0.25, 0.3) is 0 Å². The Morgan fingerprint density at radius 3 is 2.30 bits per heavy atom. The van der Waals surface area contributed by atoms with Crippen LogP contribution in [-0.2, 0) is 0 Å². The van der Waals surface area contributed by atoms with Crippen LogP contribution in [0.25, 0.3) is 11.1 Å². The van der Waals surface area contributed by atoms with Crippen molar-refractivity contribution in [3.63, 3.8) is 0 Å². The van der Waals surface area contributed by atoms with E-state index in [1.165, 1.54) is 0 Å². The number of aromatic carboxylic acids is 1. The molecule has 5 nitrogen and oxygen atoms in total. The first kappa shape index (κ1) is 20.3. The van der Waals surface area contributed by atoms with E-state index in [4.69, 9.17) is 18.0 Å². The highest BCUT2D eigenvalue weighted by Gasteiger charge is 2.23. The summed E-state index contributed by atoms with van der Waals surface area (Å²) in [7, 11) is 0. The van der Waals surface area contributed by atoms with Gasteiger partial charge in [0, 0.05) is 24.7 Å². The van der Waals surface area contributed by atoms with E-state index >= 15 is 0 Å². The topological polar surface area (TPSA) is 65.3 Å². The van der Waals surface area contributed by atoms with Gasteiger partial charge in [-0.15, -0.1) is 11.5 Å². The van der Waals surface area contributed by atoms with Gasteiger partial charge in [-0.25, -0.2) is 13.6 Å². The summed E-state index contributed by atoms with van der Waals surface area (Å²) in [5.74, 6) is -0.744. The molecule has 0 amide bonds. The Morgan fingerprint density at radius 2 is 1.81 bits per heavy atom. The number of terminal acetylenes is 1. The summed E-state index contributed by atoms with van der Waals surface area (Å²) in [6, 6.07) is 3.80. The van der Waals surface area contributed by atoms with Crippen LogP contribution in [0.3, 0.4) is 0 Å². The zero-order chi connectivity index (χ0) is 20.1. The van der Waals surface area contributed by atoms with Crippen LogP contribution < -0.4 is 0 Å². The van der Waals surface area contributed by atoms with Crippen LogP contribution in [0.1, 0.15) is 29.8 Å². The van der Waals surface area contributed by atoms with Crippen molar-refractivity contribution in [1.82, 2.24) is 5.01 Å². The predicted molar refractivity (Wildman–Crippen MR) is 99.1 cm³/mol. The third-order valence-corrected chi connectivity index (χ3v) is 4.08. The summed E-state index contributed by atoms with van der Waals surface area (Å²) in [6.45, 7) is 4.80. The average Bonchev–Trinajstić information content (AvgIpc) is 2.61. The first-order valence-electron chi connectivity index (χ1n) is 8.01. The lowest BCUT2D eigenvalue weighted by Gasteiger charge is -2.15. The normalized spacial score (nSPS) is 10.8. The second kappa shape index (κ2) is 8.60. The number of nitrogens with zero attached hydrogens (tertiary/aromatic N) is 3. The van der Waals surface area contributed by atoms with Crippen molar-refractivity contribution in [3.8, 4) is 23.5 Å². The molecule has 1 N–H and O–H groups in total. The number of benzene rings is 2. The minimum absolute atomic E-state index is 0.0241. The van der Waals surface area contributed by atoms with Crippen molar-refractivity contribution in [3.05, 3.63) is 52.0 Å². The molecule has 0 fully saturated rings. The molecule has 0 saturated heterocycles. The molecule has 2 aromatic carbocycles. The fourth-order valence-corrected chi connectivity index (χ4v) is 2.74. The predicted octanol–water partition coefficient (Wildman–Crippen LogP) is 5.31. The Morgan fingerprint density at radius 1 is 1.22 bits per heavy atom. The summed E-state index contributed by atoms with van der Waals surface area (Å²) < 4.78 is 27.5. The van der Waals surface area contributed by atoms with E-state index in [0.29, 0.717) is 19.2 Å². The van der Waals surface area contributed by atoms with Crippen molar-refractivity contribution in [1.29, 1.82) is 0 Å². The quantitative estimate of drug-likeness (QED) is 0.412. The zero-order valence-electron chi connectivity index (χ0n) is 14.6. The van der Waals surface area contributed by atoms with E-state index in [2.05, 4.69) is 16.3 Å². The molecule has 8 heteroatoms. The molecule has 0 spiro atoms. The SMILES string of the molecule is C#Cc1c(Cl)cc(C(=O)O)c(-c2cc(F)cc(F)c2)c1N=NN(CC)CC. The molecule has 0 aromatic heterocycles. The smallest absolute Gasteiger partial charge is 0.336 e. The summed E-state index contributed by atoms with van der Waals surface area (Å²) in [6.07, 6.45) is 5.51. The second-order valence-corrected chi connectivity index (χ2v) is 5.85. The molecular formula is C19H16ClF2N3O2. The molecule has 0 radical (unpaired) electrons. The van der Waals surface area contributed by atoms with Crippen molar-refractivity contribution in [2.24, 2.45) is 10.3 Å². The molecule has 0 aliphatic rings. The van der Waals surface area contributed by atoms with Crippen LogP contribution in [0, 0.1) is 24.0 Å². The lowest BCUT2D eigenvalue weighted by molar-refractivity contribution is 0.0697.